The zero-order valence-electron chi connectivity index (χ0n) is 20.1. The lowest BCUT2D eigenvalue weighted by Gasteiger charge is -2.24. The first-order chi connectivity index (χ1) is 16.9. The highest BCUT2D eigenvalue weighted by atomic mass is 16.5. The quantitative estimate of drug-likeness (QED) is 0.458. The van der Waals surface area contributed by atoms with Crippen molar-refractivity contribution < 1.29 is 14.3 Å². The Bertz CT molecular complexity index is 1170. The lowest BCUT2D eigenvalue weighted by atomic mass is 9.89. The van der Waals surface area contributed by atoms with Crippen LogP contribution in [0.2, 0.25) is 0 Å². The van der Waals surface area contributed by atoms with E-state index in [0.717, 1.165) is 24.0 Å². The summed E-state index contributed by atoms with van der Waals surface area (Å²) in [5, 5.41) is 17.0. The Labute approximate surface area is 205 Å². The molecule has 2 aliphatic rings. The number of nitrogens with one attached hydrogen (secondary N) is 4. The number of carbonyl (C=O) groups is 2. The van der Waals surface area contributed by atoms with E-state index in [1.165, 1.54) is 10.5 Å². The number of allylic oxidation sites excluding steroid dienone is 3. The van der Waals surface area contributed by atoms with Gasteiger partial charge in [0.25, 0.3) is 5.91 Å². The van der Waals surface area contributed by atoms with E-state index in [9.17, 15) is 9.59 Å². The first kappa shape index (κ1) is 24.1. The van der Waals surface area contributed by atoms with Crippen LogP contribution in [0.5, 0.6) is 5.75 Å². The molecule has 1 aliphatic heterocycles. The molecule has 0 spiro atoms. The number of ether oxygens (including phenoxy) is 1. The molecule has 1 unspecified atom stereocenters. The summed E-state index contributed by atoms with van der Waals surface area (Å²) in [5.74, 6) is 0.712. The monoisotopic (exact) mass is 473 g/mol. The van der Waals surface area contributed by atoms with Crippen molar-refractivity contribution in [2.75, 3.05) is 12.4 Å². The molecule has 35 heavy (non-hydrogen) atoms. The average molecular weight is 474 g/mol. The van der Waals surface area contributed by atoms with Crippen molar-refractivity contribution in [1.82, 2.24) is 15.5 Å². The smallest absolute Gasteiger partial charge is 0.319 e. The van der Waals surface area contributed by atoms with Crippen LogP contribution in [0, 0.1) is 5.41 Å². The van der Waals surface area contributed by atoms with E-state index in [0.29, 0.717) is 30.9 Å². The molecule has 8 heteroatoms. The number of anilines is 1. The maximum absolute atomic E-state index is 13.2. The molecule has 4 rings (SSSR count). The predicted octanol–water partition coefficient (Wildman–Crippen LogP) is 4.31. The van der Waals surface area contributed by atoms with Gasteiger partial charge in [-0.15, -0.1) is 0 Å². The number of amides is 3. The number of benzene rings is 2. The van der Waals surface area contributed by atoms with Crippen molar-refractivity contribution in [1.29, 1.82) is 5.41 Å². The van der Waals surface area contributed by atoms with Gasteiger partial charge in [-0.3, -0.25) is 15.1 Å². The van der Waals surface area contributed by atoms with E-state index in [2.05, 4.69) is 28.1 Å². The molecular weight excluding hydrogens is 442 g/mol. The first-order valence-electron chi connectivity index (χ1n) is 11.7. The van der Waals surface area contributed by atoms with Gasteiger partial charge in [0.15, 0.2) is 5.96 Å². The van der Waals surface area contributed by atoms with Crippen LogP contribution in [0.3, 0.4) is 0 Å². The van der Waals surface area contributed by atoms with Crippen LogP contribution in [0.15, 0.2) is 72.3 Å². The molecule has 0 radical (unpaired) electrons. The third-order valence-electron chi connectivity index (χ3n) is 6.21. The molecule has 1 saturated heterocycles. The van der Waals surface area contributed by atoms with Gasteiger partial charge in [0.1, 0.15) is 11.3 Å². The number of hydrogen-bond acceptors (Lipinski definition) is 4. The first-order valence-corrected chi connectivity index (χ1v) is 11.7. The van der Waals surface area contributed by atoms with Gasteiger partial charge < -0.3 is 20.7 Å². The van der Waals surface area contributed by atoms with Gasteiger partial charge >= 0.3 is 6.03 Å². The van der Waals surface area contributed by atoms with Gasteiger partial charge in [0, 0.05) is 24.7 Å². The number of methoxy groups -OCH3 is 1. The van der Waals surface area contributed by atoms with E-state index in [4.69, 9.17) is 10.1 Å². The lowest BCUT2D eigenvalue weighted by molar-refractivity contribution is -0.130. The highest BCUT2D eigenvalue weighted by molar-refractivity contribution is 6.07. The molecule has 0 bridgehead atoms. The van der Waals surface area contributed by atoms with Crippen molar-refractivity contribution in [2.45, 2.75) is 44.8 Å². The van der Waals surface area contributed by atoms with Gasteiger partial charge in [-0.05, 0) is 43.0 Å². The zero-order valence-corrected chi connectivity index (χ0v) is 20.1. The Morgan fingerprint density at radius 1 is 1.20 bits per heavy atom. The Kier molecular flexibility index (Phi) is 7.19. The van der Waals surface area contributed by atoms with E-state index in [1.807, 2.05) is 43.3 Å². The third-order valence-corrected chi connectivity index (χ3v) is 6.21. The van der Waals surface area contributed by atoms with E-state index >= 15 is 0 Å². The lowest BCUT2D eigenvalue weighted by Crippen LogP contribution is -2.44. The minimum absolute atomic E-state index is 0.0853. The molecule has 0 saturated carbocycles. The van der Waals surface area contributed by atoms with Crippen molar-refractivity contribution in [2.24, 2.45) is 0 Å². The largest absolute Gasteiger partial charge is 0.497 e. The average Bonchev–Trinajstić information content (AvgIpc) is 3.07. The fourth-order valence-electron chi connectivity index (χ4n) is 4.31. The summed E-state index contributed by atoms with van der Waals surface area (Å²) in [7, 11) is 1.58. The van der Waals surface area contributed by atoms with Crippen molar-refractivity contribution in [3.8, 4) is 5.75 Å². The Morgan fingerprint density at radius 3 is 2.69 bits per heavy atom. The van der Waals surface area contributed by atoms with Crippen LogP contribution < -0.4 is 20.7 Å². The second-order valence-corrected chi connectivity index (χ2v) is 9.02. The summed E-state index contributed by atoms with van der Waals surface area (Å²) in [6.45, 7) is 2.55. The van der Waals surface area contributed by atoms with Crippen LogP contribution >= 0.6 is 0 Å². The van der Waals surface area contributed by atoms with E-state index in [1.54, 1.807) is 25.3 Å². The second kappa shape index (κ2) is 10.5. The molecule has 1 aliphatic carbocycles. The molecule has 8 nitrogen and oxygen atoms in total. The van der Waals surface area contributed by atoms with Crippen LogP contribution in [0.4, 0.5) is 10.5 Å². The summed E-state index contributed by atoms with van der Waals surface area (Å²) in [5.41, 5.74) is 2.91. The van der Waals surface area contributed by atoms with Gasteiger partial charge in [-0.25, -0.2) is 4.79 Å². The van der Waals surface area contributed by atoms with E-state index < -0.39 is 5.54 Å². The SMILES string of the molecule is COc1cccc(NC(=O)NCc2ccc(CN3C(=N)NC(C)(CC4=CC=CCC4)C3=O)cc2)c1. The van der Waals surface area contributed by atoms with E-state index in [-0.39, 0.29) is 17.9 Å². The Morgan fingerprint density at radius 2 is 1.97 bits per heavy atom. The molecule has 4 N–H and O–H groups in total. The van der Waals surface area contributed by atoms with Crippen LogP contribution in [-0.2, 0) is 17.9 Å². The number of rotatable bonds is 8. The van der Waals surface area contributed by atoms with Gasteiger partial charge in [0.05, 0.1) is 13.7 Å². The normalized spacial score (nSPS) is 19.3. The number of urea groups is 1. The topological polar surface area (TPSA) is 107 Å². The minimum Gasteiger partial charge on any atom is -0.497 e. The molecule has 2 aromatic rings. The highest BCUT2D eigenvalue weighted by Crippen LogP contribution is 2.29. The van der Waals surface area contributed by atoms with Gasteiger partial charge in [-0.2, -0.15) is 0 Å². The number of hydrogen-bond donors (Lipinski definition) is 4. The Balaban J connectivity index is 1.30. The zero-order chi connectivity index (χ0) is 24.8. The number of nitrogens with zero attached hydrogens (tertiary/aromatic N) is 1. The third kappa shape index (κ3) is 5.90. The van der Waals surface area contributed by atoms with Crippen molar-refractivity contribution in [3.05, 3.63) is 83.5 Å². The molecular formula is C27H31N5O3. The van der Waals surface area contributed by atoms with Crippen LogP contribution in [0.1, 0.15) is 37.3 Å². The Hall–Kier alpha value is -4.07. The minimum atomic E-state index is -0.798. The van der Waals surface area contributed by atoms with Crippen LogP contribution in [-0.4, -0.2) is 35.4 Å². The molecule has 1 atom stereocenters. The maximum Gasteiger partial charge on any atom is 0.319 e. The molecule has 1 fully saturated rings. The summed E-state index contributed by atoms with van der Waals surface area (Å²) < 4.78 is 5.16. The predicted molar refractivity (Wildman–Crippen MR) is 136 cm³/mol. The summed E-state index contributed by atoms with van der Waals surface area (Å²) >= 11 is 0. The number of carbonyl (C=O) groups excluding carboxylic acids is 2. The standard InChI is InChI=1S/C27H31N5O3/c1-27(16-19-7-4-3-5-8-19)24(33)32(25(28)31-27)18-21-13-11-20(12-14-21)17-29-26(34)30-22-9-6-10-23(15-22)35-2/h3-4,6-7,9-15H,5,8,16-18H2,1-2H3,(H2,28,31)(H2,29,30,34). The molecule has 3 amide bonds. The van der Waals surface area contributed by atoms with Gasteiger partial charge in [-0.1, -0.05) is 54.1 Å². The maximum atomic E-state index is 13.2. The molecule has 1 heterocycles. The van der Waals surface area contributed by atoms with Crippen molar-refractivity contribution in [3.63, 3.8) is 0 Å². The fraction of sp³-hybridized carbons (Fsp3) is 0.296. The summed E-state index contributed by atoms with van der Waals surface area (Å²) in [6, 6.07) is 14.5. The molecule has 2 aromatic carbocycles. The van der Waals surface area contributed by atoms with Crippen LogP contribution in [0.25, 0.3) is 0 Å². The summed E-state index contributed by atoms with van der Waals surface area (Å²) in [6.07, 6.45) is 8.75. The van der Waals surface area contributed by atoms with Gasteiger partial charge in [0.2, 0.25) is 0 Å². The summed E-state index contributed by atoms with van der Waals surface area (Å²) in [4.78, 5) is 26.9. The fourth-order valence-corrected chi connectivity index (χ4v) is 4.31. The highest BCUT2D eigenvalue weighted by Gasteiger charge is 2.46. The second-order valence-electron chi connectivity index (χ2n) is 9.02. The van der Waals surface area contributed by atoms with Crippen molar-refractivity contribution >= 4 is 23.6 Å². The molecule has 182 valence electrons. The number of guanidine groups is 1. The molecule has 0 aromatic heterocycles.